The molecule has 1 aliphatic carbocycles. The van der Waals surface area contributed by atoms with Crippen LogP contribution in [0.1, 0.15) is 17.3 Å². The van der Waals surface area contributed by atoms with Crippen LogP contribution in [0.4, 0.5) is 0 Å². The molecule has 0 amide bonds. The van der Waals surface area contributed by atoms with Gasteiger partial charge in [-0.25, -0.2) is 4.98 Å². The minimum Gasteiger partial charge on any atom is -0.282 e. The quantitative estimate of drug-likeness (QED) is 0.289. The summed E-state index contributed by atoms with van der Waals surface area (Å²) in [6.45, 7) is 0. The van der Waals surface area contributed by atoms with E-state index in [1.165, 1.54) is 33.2 Å². The van der Waals surface area contributed by atoms with Crippen LogP contribution in [-0.4, -0.2) is 16.2 Å². The fraction of sp³-hybridized carbons (Fsp3) is 0.0645. The first kappa shape index (κ1) is 19.1. The number of dihydropyridines is 1. The van der Waals surface area contributed by atoms with Crippen LogP contribution in [0.2, 0.25) is 0 Å². The normalized spacial score (nSPS) is 18.2. The van der Waals surface area contributed by atoms with Gasteiger partial charge in [0.1, 0.15) is 6.04 Å². The number of benzene rings is 3. The molecule has 3 heterocycles. The van der Waals surface area contributed by atoms with Crippen molar-refractivity contribution in [1.82, 2.24) is 9.97 Å². The van der Waals surface area contributed by atoms with Crippen molar-refractivity contribution in [2.24, 2.45) is 10.9 Å². The zero-order chi connectivity index (χ0) is 22.5. The van der Waals surface area contributed by atoms with Crippen molar-refractivity contribution in [1.29, 1.82) is 0 Å². The molecular formula is C31H21N3. The summed E-state index contributed by atoms with van der Waals surface area (Å²) in [6.07, 6.45) is 12.5. The second kappa shape index (κ2) is 7.60. The van der Waals surface area contributed by atoms with E-state index in [0.717, 1.165) is 22.1 Å². The van der Waals surface area contributed by atoms with E-state index in [1.807, 2.05) is 24.6 Å². The molecular weight excluding hydrogens is 414 g/mol. The average Bonchev–Trinajstić information content (AvgIpc) is 2.91. The first-order valence-corrected chi connectivity index (χ1v) is 11.6. The zero-order valence-corrected chi connectivity index (χ0v) is 18.5. The van der Waals surface area contributed by atoms with Gasteiger partial charge in [0, 0.05) is 40.2 Å². The Kier molecular flexibility index (Phi) is 4.28. The largest absolute Gasteiger partial charge is 0.282 e. The van der Waals surface area contributed by atoms with Gasteiger partial charge in [-0.1, -0.05) is 72.8 Å². The van der Waals surface area contributed by atoms with Gasteiger partial charge < -0.3 is 0 Å². The predicted molar refractivity (Wildman–Crippen MR) is 141 cm³/mol. The summed E-state index contributed by atoms with van der Waals surface area (Å²) in [4.78, 5) is 14.3. The monoisotopic (exact) mass is 435 g/mol. The van der Waals surface area contributed by atoms with E-state index < -0.39 is 0 Å². The lowest BCUT2D eigenvalue weighted by molar-refractivity contribution is 0.596. The molecule has 0 bridgehead atoms. The molecule has 2 aliphatic rings. The highest BCUT2D eigenvalue weighted by molar-refractivity contribution is 6.00. The first-order valence-electron chi connectivity index (χ1n) is 11.6. The van der Waals surface area contributed by atoms with Crippen molar-refractivity contribution in [3.8, 4) is 22.3 Å². The third kappa shape index (κ3) is 3.01. The van der Waals surface area contributed by atoms with Crippen molar-refractivity contribution >= 4 is 34.1 Å². The maximum atomic E-state index is 5.08. The molecule has 0 radical (unpaired) electrons. The van der Waals surface area contributed by atoms with Gasteiger partial charge in [-0.15, -0.1) is 0 Å². The lowest BCUT2D eigenvalue weighted by atomic mass is 9.82. The van der Waals surface area contributed by atoms with Gasteiger partial charge in [0.2, 0.25) is 0 Å². The standard InChI is InChI=1S/C31H21N3/c1-2-8-28-25(7-1)29(26-15-13-22-5-3-18-33-30(22)31(26)34-28)21-11-9-20(10-12-21)23-14-16-27-24(19-23)6-4-17-32-27/h1-19,22,30H. The molecule has 34 heavy (non-hydrogen) atoms. The van der Waals surface area contributed by atoms with Crippen LogP contribution in [-0.2, 0) is 0 Å². The van der Waals surface area contributed by atoms with E-state index in [9.17, 15) is 0 Å². The fourth-order valence-electron chi connectivity index (χ4n) is 5.19. The van der Waals surface area contributed by atoms with E-state index in [4.69, 9.17) is 9.98 Å². The molecule has 2 unspecified atom stereocenters. The van der Waals surface area contributed by atoms with Crippen molar-refractivity contribution in [3.63, 3.8) is 0 Å². The number of nitrogens with zero attached hydrogens (tertiary/aromatic N) is 3. The molecule has 2 atom stereocenters. The number of hydrogen-bond donors (Lipinski definition) is 0. The van der Waals surface area contributed by atoms with Crippen LogP contribution in [0.15, 0.2) is 108 Å². The lowest BCUT2D eigenvalue weighted by Crippen LogP contribution is -2.16. The van der Waals surface area contributed by atoms with Crippen molar-refractivity contribution < 1.29 is 0 Å². The number of pyridine rings is 2. The van der Waals surface area contributed by atoms with E-state index in [-0.39, 0.29) is 12.0 Å². The number of rotatable bonds is 2. The van der Waals surface area contributed by atoms with Crippen LogP contribution in [0.5, 0.6) is 0 Å². The Morgan fingerprint density at radius 1 is 0.706 bits per heavy atom. The highest BCUT2D eigenvalue weighted by Gasteiger charge is 2.29. The Labute approximate surface area is 197 Å². The van der Waals surface area contributed by atoms with Crippen molar-refractivity contribution in [3.05, 3.63) is 115 Å². The number of fused-ring (bicyclic) bond motifs is 5. The molecule has 3 nitrogen and oxygen atoms in total. The fourth-order valence-corrected chi connectivity index (χ4v) is 5.19. The van der Waals surface area contributed by atoms with Gasteiger partial charge in [0.05, 0.1) is 16.7 Å². The minimum atomic E-state index is 0.0406. The molecule has 3 aromatic carbocycles. The van der Waals surface area contributed by atoms with Crippen LogP contribution in [0.25, 0.3) is 50.1 Å². The van der Waals surface area contributed by atoms with Gasteiger partial charge in [0.25, 0.3) is 0 Å². The van der Waals surface area contributed by atoms with Gasteiger partial charge in [0.15, 0.2) is 0 Å². The summed E-state index contributed by atoms with van der Waals surface area (Å²) < 4.78 is 0. The molecule has 7 rings (SSSR count). The smallest absolute Gasteiger partial charge is 0.102 e. The van der Waals surface area contributed by atoms with Gasteiger partial charge >= 0.3 is 0 Å². The molecule has 0 spiro atoms. The number of hydrogen-bond acceptors (Lipinski definition) is 3. The molecule has 0 saturated heterocycles. The third-order valence-electron chi connectivity index (χ3n) is 6.87. The summed E-state index contributed by atoms with van der Waals surface area (Å²) in [6, 6.07) is 27.9. The van der Waals surface area contributed by atoms with E-state index >= 15 is 0 Å². The highest BCUT2D eigenvalue weighted by Crippen LogP contribution is 2.43. The van der Waals surface area contributed by atoms with Crippen LogP contribution in [0.3, 0.4) is 0 Å². The topological polar surface area (TPSA) is 38.1 Å². The number of para-hydroxylation sites is 1. The number of aliphatic imine (C=N–C) groups is 1. The van der Waals surface area contributed by atoms with Crippen LogP contribution >= 0.6 is 0 Å². The van der Waals surface area contributed by atoms with Crippen molar-refractivity contribution in [2.45, 2.75) is 6.04 Å². The van der Waals surface area contributed by atoms with Gasteiger partial charge in [-0.05, 0) is 47.0 Å². The SMILES string of the molecule is C1=CC2C=Cc3c(nc4ccccc4c3-c3ccc(-c4ccc5ncccc5c4)cc3)C2N=C1. The molecule has 0 N–H and O–H groups in total. The first-order chi connectivity index (χ1) is 16.8. The van der Waals surface area contributed by atoms with Gasteiger partial charge in [-0.2, -0.15) is 0 Å². The molecule has 0 fully saturated rings. The lowest BCUT2D eigenvalue weighted by Gasteiger charge is -2.28. The Bertz CT molecular complexity index is 1660. The third-order valence-corrected chi connectivity index (χ3v) is 6.87. The predicted octanol–water partition coefficient (Wildman–Crippen LogP) is 7.44. The average molecular weight is 436 g/mol. The molecule has 3 heteroatoms. The van der Waals surface area contributed by atoms with E-state index in [1.54, 1.807) is 0 Å². The maximum absolute atomic E-state index is 5.08. The second-order valence-corrected chi connectivity index (χ2v) is 8.86. The van der Waals surface area contributed by atoms with Crippen molar-refractivity contribution in [2.75, 3.05) is 0 Å². The van der Waals surface area contributed by atoms with E-state index in [0.29, 0.717) is 0 Å². The second-order valence-electron chi connectivity index (χ2n) is 8.86. The van der Waals surface area contributed by atoms with E-state index in [2.05, 4.69) is 96.0 Å². The molecule has 2 aromatic heterocycles. The summed E-state index contributed by atoms with van der Waals surface area (Å²) in [5.41, 5.74) is 9.09. The van der Waals surface area contributed by atoms with Gasteiger partial charge in [-0.3, -0.25) is 9.98 Å². The Balaban J connectivity index is 1.38. The van der Waals surface area contributed by atoms with Crippen LogP contribution < -0.4 is 0 Å². The summed E-state index contributed by atoms with van der Waals surface area (Å²) in [5, 5.41) is 2.32. The Morgan fingerprint density at radius 3 is 2.50 bits per heavy atom. The summed E-state index contributed by atoms with van der Waals surface area (Å²) in [7, 11) is 0. The summed E-state index contributed by atoms with van der Waals surface area (Å²) in [5.74, 6) is 0.267. The number of allylic oxidation sites excluding steroid dienone is 1. The molecule has 5 aromatic rings. The highest BCUT2D eigenvalue weighted by atomic mass is 14.9. The molecule has 160 valence electrons. The zero-order valence-electron chi connectivity index (χ0n) is 18.5. The Morgan fingerprint density at radius 2 is 1.56 bits per heavy atom. The summed E-state index contributed by atoms with van der Waals surface area (Å²) >= 11 is 0. The van der Waals surface area contributed by atoms with Crippen LogP contribution in [0, 0.1) is 5.92 Å². The minimum absolute atomic E-state index is 0.0406. The Hall–Kier alpha value is -4.37. The number of aromatic nitrogens is 2. The maximum Gasteiger partial charge on any atom is 0.102 e. The molecule has 1 aliphatic heterocycles. The molecule has 0 saturated carbocycles.